The minimum Gasteiger partial charge on any atom is -0.462 e. The SMILES string of the molecule is CCCC/C=C\CCCCCCCCOCC(COC(=O)CCCCCCC/C=C\CCCC)OC(=O)CCCCCCC/C=C\CCCC. The molecule has 0 N–H and O–H groups in total. The van der Waals surface area contributed by atoms with Gasteiger partial charge in [-0.2, -0.15) is 0 Å². The Morgan fingerprint density at radius 2 is 0.780 bits per heavy atom. The molecule has 0 fully saturated rings. The highest BCUT2D eigenvalue weighted by atomic mass is 16.6. The maximum Gasteiger partial charge on any atom is 0.306 e. The van der Waals surface area contributed by atoms with Crippen molar-refractivity contribution in [1.29, 1.82) is 0 Å². The average Bonchev–Trinajstić information content (AvgIpc) is 3.11. The molecule has 0 radical (unpaired) electrons. The van der Waals surface area contributed by atoms with Crippen molar-refractivity contribution in [3.63, 3.8) is 0 Å². The highest BCUT2D eigenvalue weighted by Gasteiger charge is 2.17. The molecule has 0 saturated carbocycles. The molecule has 5 nitrogen and oxygen atoms in total. The Hall–Kier alpha value is -1.88. The van der Waals surface area contributed by atoms with E-state index < -0.39 is 6.10 Å². The van der Waals surface area contributed by atoms with Crippen LogP contribution >= 0.6 is 0 Å². The summed E-state index contributed by atoms with van der Waals surface area (Å²) in [4.78, 5) is 25.1. The molecule has 0 aliphatic carbocycles. The summed E-state index contributed by atoms with van der Waals surface area (Å²) >= 11 is 0. The van der Waals surface area contributed by atoms with Crippen LogP contribution in [-0.2, 0) is 23.8 Å². The number of allylic oxidation sites excluding steroid dienone is 6. The van der Waals surface area contributed by atoms with Crippen molar-refractivity contribution in [3.05, 3.63) is 36.5 Å². The first-order chi connectivity index (χ1) is 24.6. The number of hydrogen-bond donors (Lipinski definition) is 0. The fourth-order valence-electron chi connectivity index (χ4n) is 5.80. The Balaban J connectivity index is 4.27. The van der Waals surface area contributed by atoms with Gasteiger partial charge in [-0.3, -0.25) is 9.59 Å². The number of ether oxygens (including phenoxy) is 3. The maximum atomic E-state index is 12.7. The van der Waals surface area contributed by atoms with Crippen LogP contribution in [0.25, 0.3) is 0 Å². The highest BCUT2D eigenvalue weighted by Crippen LogP contribution is 2.13. The van der Waals surface area contributed by atoms with Gasteiger partial charge in [0.25, 0.3) is 0 Å². The van der Waals surface area contributed by atoms with Crippen LogP contribution in [0.3, 0.4) is 0 Å². The van der Waals surface area contributed by atoms with Crippen molar-refractivity contribution in [3.8, 4) is 0 Å². The van der Waals surface area contributed by atoms with E-state index in [9.17, 15) is 9.59 Å². The molecule has 0 saturated heterocycles. The van der Waals surface area contributed by atoms with Crippen LogP contribution in [0, 0.1) is 0 Å². The first-order valence-electron chi connectivity index (χ1n) is 21.5. The van der Waals surface area contributed by atoms with E-state index in [1.807, 2.05) is 0 Å². The fourth-order valence-corrected chi connectivity index (χ4v) is 5.80. The predicted molar refractivity (Wildman–Crippen MR) is 215 cm³/mol. The first-order valence-corrected chi connectivity index (χ1v) is 21.5. The number of carbonyl (C=O) groups excluding carboxylic acids is 2. The van der Waals surface area contributed by atoms with Crippen LogP contribution < -0.4 is 0 Å². The van der Waals surface area contributed by atoms with Gasteiger partial charge in [0.05, 0.1) is 6.61 Å². The van der Waals surface area contributed by atoms with Gasteiger partial charge in [-0.05, 0) is 77.0 Å². The van der Waals surface area contributed by atoms with Gasteiger partial charge in [0.15, 0.2) is 6.10 Å². The molecule has 0 amide bonds. The lowest BCUT2D eigenvalue weighted by Gasteiger charge is -2.18. The van der Waals surface area contributed by atoms with E-state index in [0.717, 1.165) is 64.2 Å². The quantitative estimate of drug-likeness (QED) is 0.0362. The summed E-state index contributed by atoms with van der Waals surface area (Å²) in [6.45, 7) is 7.69. The third kappa shape index (κ3) is 38.9. The van der Waals surface area contributed by atoms with E-state index >= 15 is 0 Å². The standard InChI is InChI=1S/C45H82O5/c1-4-7-10-13-16-19-22-25-28-31-34-37-40-48-41-43(50-45(47)39-36-33-30-27-24-21-18-15-12-9-6-3)42-49-44(46)38-35-32-29-26-23-20-17-14-11-8-5-2/h13-18,43H,4-12,19-42H2,1-3H3/b16-13-,17-14-,18-15-. The Morgan fingerprint density at radius 3 is 1.22 bits per heavy atom. The van der Waals surface area contributed by atoms with Gasteiger partial charge in [-0.15, -0.1) is 0 Å². The molecule has 0 aliphatic heterocycles. The van der Waals surface area contributed by atoms with Gasteiger partial charge in [0.1, 0.15) is 6.61 Å². The highest BCUT2D eigenvalue weighted by molar-refractivity contribution is 5.70. The molecule has 50 heavy (non-hydrogen) atoms. The lowest BCUT2D eigenvalue weighted by Crippen LogP contribution is -2.30. The Morgan fingerprint density at radius 1 is 0.420 bits per heavy atom. The third-order valence-corrected chi connectivity index (χ3v) is 9.12. The summed E-state index contributed by atoms with van der Waals surface area (Å²) in [7, 11) is 0. The van der Waals surface area contributed by atoms with E-state index in [-0.39, 0.29) is 25.2 Å². The van der Waals surface area contributed by atoms with Crippen molar-refractivity contribution in [2.45, 2.75) is 219 Å². The fraction of sp³-hybridized carbons (Fsp3) is 0.822. The van der Waals surface area contributed by atoms with E-state index in [0.29, 0.717) is 19.4 Å². The van der Waals surface area contributed by atoms with Crippen molar-refractivity contribution in [1.82, 2.24) is 0 Å². The molecule has 0 aromatic rings. The van der Waals surface area contributed by atoms with E-state index in [4.69, 9.17) is 14.2 Å². The van der Waals surface area contributed by atoms with E-state index in [1.54, 1.807) is 0 Å². The van der Waals surface area contributed by atoms with Crippen LogP contribution in [0.5, 0.6) is 0 Å². The van der Waals surface area contributed by atoms with Crippen LogP contribution in [0.4, 0.5) is 0 Å². The molecule has 0 heterocycles. The van der Waals surface area contributed by atoms with Gasteiger partial charge < -0.3 is 14.2 Å². The zero-order valence-electron chi connectivity index (χ0n) is 33.4. The van der Waals surface area contributed by atoms with Crippen molar-refractivity contribution >= 4 is 11.9 Å². The molecule has 0 aromatic heterocycles. The minimum atomic E-state index is -0.540. The summed E-state index contributed by atoms with van der Waals surface area (Å²) in [6, 6.07) is 0. The van der Waals surface area contributed by atoms with Crippen LogP contribution in [0.15, 0.2) is 36.5 Å². The molecule has 5 heteroatoms. The lowest BCUT2D eigenvalue weighted by molar-refractivity contribution is -0.163. The largest absolute Gasteiger partial charge is 0.462 e. The van der Waals surface area contributed by atoms with Gasteiger partial charge >= 0.3 is 11.9 Å². The van der Waals surface area contributed by atoms with Crippen molar-refractivity contribution in [2.24, 2.45) is 0 Å². The predicted octanol–water partition coefficient (Wildman–Crippen LogP) is 13.9. The number of hydrogen-bond acceptors (Lipinski definition) is 5. The normalized spacial score (nSPS) is 12.5. The third-order valence-electron chi connectivity index (χ3n) is 9.12. The number of esters is 2. The smallest absolute Gasteiger partial charge is 0.306 e. The van der Waals surface area contributed by atoms with Crippen molar-refractivity contribution < 1.29 is 23.8 Å². The Kier molecular flexibility index (Phi) is 40.0. The zero-order valence-corrected chi connectivity index (χ0v) is 33.4. The summed E-state index contributed by atoms with van der Waals surface area (Å²) in [5, 5.41) is 0. The molecule has 0 bridgehead atoms. The van der Waals surface area contributed by atoms with Gasteiger partial charge in [0.2, 0.25) is 0 Å². The van der Waals surface area contributed by atoms with E-state index in [2.05, 4.69) is 57.2 Å². The van der Waals surface area contributed by atoms with Crippen LogP contribution in [0.2, 0.25) is 0 Å². The maximum absolute atomic E-state index is 12.7. The first kappa shape index (κ1) is 48.1. The summed E-state index contributed by atoms with van der Waals surface area (Å²) in [5.74, 6) is -0.421. The monoisotopic (exact) mass is 703 g/mol. The number of carbonyl (C=O) groups is 2. The molecular weight excluding hydrogens is 620 g/mol. The van der Waals surface area contributed by atoms with Crippen LogP contribution in [-0.4, -0.2) is 37.9 Å². The van der Waals surface area contributed by atoms with Crippen LogP contribution in [0.1, 0.15) is 213 Å². The number of rotatable bonds is 39. The summed E-state index contributed by atoms with van der Waals surface area (Å²) in [6.07, 6.45) is 47.0. The zero-order chi connectivity index (χ0) is 36.4. The minimum absolute atomic E-state index is 0.0770. The summed E-state index contributed by atoms with van der Waals surface area (Å²) < 4.78 is 17.2. The molecule has 1 unspecified atom stereocenters. The van der Waals surface area contributed by atoms with E-state index in [1.165, 1.54) is 116 Å². The lowest BCUT2D eigenvalue weighted by atomic mass is 10.1. The van der Waals surface area contributed by atoms with Gasteiger partial charge in [0, 0.05) is 19.4 Å². The molecule has 1 atom stereocenters. The molecular formula is C45H82O5. The molecule has 0 spiro atoms. The number of unbranched alkanes of at least 4 members (excludes halogenated alkanes) is 22. The topological polar surface area (TPSA) is 61.8 Å². The molecule has 0 rings (SSSR count). The van der Waals surface area contributed by atoms with Gasteiger partial charge in [-0.25, -0.2) is 0 Å². The summed E-state index contributed by atoms with van der Waals surface area (Å²) in [5.41, 5.74) is 0. The molecule has 0 aliphatic rings. The second kappa shape index (κ2) is 41.5. The molecule has 0 aromatic carbocycles. The van der Waals surface area contributed by atoms with Gasteiger partial charge in [-0.1, -0.05) is 160 Å². The Labute approximate surface area is 310 Å². The Bertz CT molecular complexity index is 801. The second-order valence-electron chi connectivity index (χ2n) is 14.2. The molecule has 292 valence electrons. The van der Waals surface area contributed by atoms with Crippen molar-refractivity contribution in [2.75, 3.05) is 19.8 Å². The average molecular weight is 703 g/mol. The second-order valence-corrected chi connectivity index (χ2v) is 14.2.